The molecule has 0 aliphatic rings. The Morgan fingerprint density at radius 3 is 0.900 bits per heavy atom. The zero-order chi connectivity index (χ0) is 26.5. The van der Waals surface area contributed by atoms with Crippen molar-refractivity contribution >= 4 is 96.5 Å². The molecular formula is C38H20Br2. The fourth-order valence-corrected chi connectivity index (χ4v) is 7.68. The molecule has 0 unspecified atom stereocenters. The van der Waals surface area contributed by atoms with Crippen LogP contribution in [0, 0.1) is 0 Å². The van der Waals surface area contributed by atoms with Gasteiger partial charge in [0, 0.05) is 8.95 Å². The molecule has 0 saturated carbocycles. The zero-order valence-electron chi connectivity index (χ0n) is 21.3. The number of fused-ring (bicyclic) bond motifs is 6. The van der Waals surface area contributed by atoms with Crippen LogP contribution in [0.1, 0.15) is 0 Å². The van der Waals surface area contributed by atoms with Crippen molar-refractivity contribution < 1.29 is 0 Å². The Hall–Kier alpha value is -3.98. The van der Waals surface area contributed by atoms with E-state index in [2.05, 4.69) is 153 Å². The van der Waals surface area contributed by atoms with Crippen LogP contribution in [0.5, 0.6) is 0 Å². The highest BCUT2D eigenvalue weighted by Crippen LogP contribution is 2.55. The van der Waals surface area contributed by atoms with Crippen LogP contribution in [0.4, 0.5) is 0 Å². The molecule has 9 aromatic carbocycles. The molecule has 9 rings (SSSR count). The molecule has 0 amide bonds. The summed E-state index contributed by atoms with van der Waals surface area (Å²) in [4.78, 5) is 0. The average molecular weight is 636 g/mol. The van der Waals surface area contributed by atoms with Gasteiger partial charge >= 0.3 is 0 Å². The molecule has 0 aliphatic carbocycles. The Morgan fingerprint density at radius 1 is 0.300 bits per heavy atom. The van der Waals surface area contributed by atoms with Gasteiger partial charge in [-0.1, -0.05) is 129 Å². The summed E-state index contributed by atoms with van der Waals surface area (Å²) in [5, 5.41) is 16.0. The van der Waals surface area contributed by atoms with Gasteiger partial charge < -0.3 is 0 Å². The Bertz CT molecular complexity index is 2130. The lowest BCUT2D eigenvalue weighted by molar-refractivity contribution is 1.64. The summed E-state index contributed by atoms with van der Waals surface area (Å²) in [5.74, 6) is 0. The lowest BCUT2D eigenvalue weighted by atomic mass is 9.87. The molecule has 0 fully saturated rings. The van der Waals surface area contributed by atoms with Gasteiger partial charge in [0.2, 0.25) is 0 Å². The van der Waals surface area contributed by atoms with Gasteiger partial charge in [-0.15, -0.1) is 0 Å². The highest BCUT2D eigenvalue weighted by atomic mass is 79.9. The molecule has 0 aromatic heterocycles. The van der Waals surface area contributed by atoms with E-state index in [0.717, 1.165) is 8.95 Å². The van der Waals surface area contributed by atoms with E-state index in [-0.39, 0.29) is 0 Å². The van der Waals surface area contributed by atoms with Crippen molar-refractivity contribution in [2.75, 3.05) is 0 Å². The van der Waals surface area contributed by atoms with Gasteiger partial charge in [-0.2, -0.15) is 0 Å². The predicted molar refractivity (Wildman–Crippen MR) is 180 cm³/mol. The second-order valence-electron chi connectivity index (χ2n) is 10.7. The van der Waals surface area contributed by atoms with Crippen molar-refractivity contribution in [3.8, 4) is 22.3 Å². The highest BCUT2D eigenvalue weighted by molar-refractivity contribution is 9.10. The summed E-state index contributed by atoms with van der Waals surface area (Å²) >= 11 is 7.36. The quantitative estimate of drug-likeness (QED) is 0.177. The van der Waals surface area contributed by atoms with Crippen molar-refractivity contribution in [2.45, 2.75) is 0 Å². The van der Waals surface area contributed by atoms with Gasteiger partial charge in [0.25, 0.3) is 0 Å². The van der Waals surface area contributed by atoms with Crippen LogP contribution >= 0.6 is 31.9 Å². The maximum Gasteiger partial charge on any atom is 0.0175 e. The molecular weight excluding hydrogens is 616 g/mol. The normalized spacial score (nSPS) is 12.2. The van der Waals surface area contributed by atoms with Gasteiger partial charge in [-0.25, -0.2) is 0 Å². The molecule has 0 spiro atoms. The van der Waals surface area contributed by atoms with Crippen molar-refractivity contribution in [1.82, 2.24) is 0 Å². The summed E-state index contributed by atoms with van der Waals surface area (Å²) in [7, 11) is 0. The first-order chi connectivity index (χ1) is 19.7. The standard InChI is InChI=1S/C38H20Br2/c39-25-17-13-23(14-18-25)33-35-27-9-1-5-21-6-2-10-28(31(21)27)36(35)34(24-15-19-26(40)20-16-24)38-30-12-4-8-22-7-3-11-29(32(22)30)37(33)38/h1-20H. The zero-order valence-corrected chi connectivity index (χ0v) is 24.5. The molecule has 2 heteroatoms. The number of hydrogen-bond acceptors (Lipinski definition) is 0. The SMILES string of the molecule is Brc1ccc(-c2c3c4cccc5cccc(c3c(-c3ccc(Br)cc3)c3c6cccc7cccc(c23)c76)c54)cc1. The Kier molecular flexibility index (Phi) is 4.71. The lowest BCUT2D eigenvalue weighted by Gasteiger charge is -2.15. The van der Waals surface area contributed by atoms with Crippen LogP contribution in [-0.4, -0.2) is 0 Å². The number of rotatable bonds is 2. The van der Waals surface area contributed by atoms with Gasteiger partial charge in [-0.05, 0) is 111 Å². The predicted octanol–water partition coefficient (Wildman–Crippen LogP) is 12.3. The van der Waals surface area contributed by atoms with Gasteiger partial charge in [0.1, 0.15) is 0 Å². The third-order valence-electron chi connectivity index (χ3n) is 8.65. The van der Waals surface area contributed by atoms with Crippen LogP contribution in [0.2, 0.25) is 0 Å². The van der Waals surface area contributed by atoms with E-state index in [1.165, 1.54) is 86.9 Å². The highest BCUT2D eigenvalue weighted by Gasteiger charge is 2.26. The van der Waals surface area contributed by atoms with E-state index in [4.69, 9.17) is 0 Å². The van der Waals surface area contributed by atoms with Crippen molar-refractivity contribution in [1.29, 1.82) is 0 Å². The van der Waals surface area contributed by atoms with Crippen LogP contribution in [0.15, 0.2) is 130 Å². The molecule has 9 aromatic rings. The molecule has 0 heterocycles. The number of hydrogen-bond donors (Lipinski definition) is 0. The molecule has 0 radical (unpaired) electrons. The van der Waals surface area contributed by atoms with E-state index in [1.807, 2.05) is 0 Å². The van der Waals surface area contributed by atoms with E-state index in [9.17, 15) is 0 Å². The first-order valence-corrected chi connectivity index (χ1v) is 15.1. The summed E-state index contributed by atoms with van der Waals surface area (Å²) in [6.45, 7) is 0. The van der Waals surface area contributed by atoms with E-state index >= 15 is 0 Å². The second-order valence-corrected chi connectivity index (χ2v) is 12.5. The molecule has 0 atom stereocenters. The molecule has 186 valence electrons. The van der Waals surface area contributed by atoms with Crippen molar-refractivity contribution in [3.05, 3.63) is 130 Å². The molecule has 0 nitrogen and oxygen atoms in total. The maximum atomic E-state index is 3.68. The van der Waals surface area contributed by atoms with Crippen molar-refractivity contribution in [2.24, 2.45) is 0 Å². The average Bonchev–Trinajstić information content (AvgIpc) is 3.50. The molecule has 0 bridgehead atoms. The van der Waals surface area contributed by atoms with Gasteiger partial charge in [0.15, 0.2) is 0 Å². The fraction of sp³-hybridized carbons (Fsp3) is 0. The largest absolute Gasteiger partial charge is 0.0610 e. The minimum absolute atomic E-state index is 1.09. The Balaban J connectivity index is 1.69. The summed E-state index contributed by atoms with van der Waals surface area (Å²) < 4.78 is 2.18. The van der Waals surface area contributed by atoms with Gasteiger partial charge in [-0.3, -0.25) is 0 Å². The van der Waals surface area contributed by atoms with Crippen LogP contribution in [0.25, 0.3) is 86.9 Å². The number of halogens is 2. The second kappa shape index (κ2) is 8.27. The van der Waals surface area contributed by atoms with Crippen LogP contribution in [-0.2, 0) is 0 Å². The first-order valence-electron chi connectivity index (χ1n) is 13.5. The monoisotopic (exact) mass is 634 g/mol. The van der Waals surface area contributed by atoms with E-state index in [1.54, 1.807) is 0 Å². The van der Waals surface area contributed by atoms with Gasteiger partial charge in [0.05, 0.1) is 0 Å². The molecule has 0 N–H and O–H groups in total. The Morgan fingerprint density at radius 2 is 0.600 bits per heavy atom. The molecule has 0 aliphatic heterocycles. The number of benzene rings is 7. The van der Waals surface area contributed by atoms with Crippen LogP contribution in [0.3, 0.4) is 0 Å². The summed E-state index contributed by atoms with van der Waals surface area (Å²) in [6, 6.07) is 44.9. The topological polar surface area (TPSA) is 0 Å². The minimum Gasteiger partial charge on any atom is -0.0610 e. The third-order valence-corrected chi connectivity index (χ3v) is 9.71. The van der Waals surface area contributed by atoms with Crippen molar-refractivity contribution in [3.63, 3.8) is 0 Å². The van der Waals surface area contributed by atoms with E-state index < -0.39 is 0 Å². The lowest BCUT2D eigenvalue weighted by Crippen LogP contribution is -1.88. The Labute approximate surface area is 247 Å². The maximum absolute atomic E-state index is 3.68. The first kappa shape index (κ1) is 22.8. The summed E-state index contributed by atoms with van der Waals surface area (Å²) in [6.07, 6.45) is 0. The van der Waals surface area contributed by atoms with Crippen LogP contribution < -0.4 is 0 Å². The smallest absolute Gasteiger partial charge is 0.0175 e. The fourth-order valence-electron chi connectivity index (χ4n) is 7.15. The molecule has 0 saturated heterocycles. The minimum atomic E-state index is 1.09. The third kappa shape index (κ3) is 2.96. The molecule has 40 heavy (non-hydrogen) atoms. The van der Waals surface area contributed by atoms with E-state index in [0.29, 0.717) is 0 Å². The summed E-state index contributed by atoms with van der Waals surface area (Å²) in [5.41, 5.74) is 5.14.